The molecular formula is C40H25NO2. The maximum Gasteiger partial charge on any atom is 0.143 e. The molecule has 2 aromatic heterocycles. The van der Waals surface area contributed by atoms with E-state index in [1.807, 2.05) is 12.1 Å². The Morgan fingerprint density at radius 3 is 2.05 bits per heavy atom. The van der Waals surface area contributed by atoms with Crippen molar-refractivity contribution in [3.63, 3.8) is 0 Å². The van der Waals surface area contributed by atoms with Gasteiger partial charge in [0.1, 0.15) is 22.3 Å². The summed E-state index contributed by atoms with van der Waals surface area (Å²) in [4.78, 5) is 2.31. The molecule has 0 saturated heterocycles. The van der Waals surface area contributed by atoms with E-state index in [1.54, 1.807) is 0 Å². The lowest BCUT2D eigenvalue weighted by Crippen LogP contribution is -2.09. The fourth-order valence-corrected chi connectivity index (χ4v) is 6.48. The zero-order valence-corrected chi connectivity index (χ0v) is 23.2. The van der Waals surface area contributed by atoms with Crippen molar-refractivity contribution >= 4 is 71.7 Å². The molecule has 0 unspecified atom stereocenters. The summed E-state index contributed by atoms with van der Waals surface area (Å²) in [5.74, 6) is 0. The molecule has 0 aliphatic carbocycles. The predicted molar refractivity (Wildman–Crippen MR) is 179 cm³/mol. The van der Waals surface area contributed by atoms with Crippen molar-refractivity contribution in [2.24, 2.45) is 0 Å². The van der Waals surface area contributed by atoms with Gasteiger partial charge in [0.05, 0.1) is 0 Å². The van der Waals surface area contributed by atoms with Gasteiger partial charge in [-0.1, -0.05) is 91.0 Å². The summed E-state index contributed by atoms with van der Waals surface area (Å²) in [5.41, 5.74) is 9.13. The normalized spacial score (nSPS) is 11.7. The van der Waals surface area contributed by atoms with Crippen LogP contribution in [-0.2, 0) is 0 Å². The van der Waals surface area contributed by atoms with Crippen LogP contribution in [0.25, 0.3) is 65.8 Å². The van der Waals surface area contributed by atoms with Crippen LogP contribution in [0.3, 0.4) is 0 Å². The van der Waals surface area contributed by atoms with Crippen molar-refractivity contribution in [1.82, 2.24) is 0 Å². The molecule has 0 bridgehead atoms. The topological polar surface area (TPSA) is 29.5 Å². The number of furan rings is 2. The molecule has 3 heteroatoms. The number of hydrogen-bond acceptors (Lipinski definition) is 3. The van der Waals surface area contributed by atoms with E-state index in [2.05, 4.69) is 144 Å². The SMILES string of the molecule is c1ccc(N(c2cccc(-c3cccc4oc5c6ccccc6ccc5c34)c2)c2ccc3oc4ccccc4c3c2)cc1. The third-order valence-electron chi connectivity index (χ3n) is 8.44. The van der Waals surface area contributed by atoms with Crippen molar-refractivity contribution in [1.29, 1.82) is 0 Å². The van der Waals surface area contributed by atoms with Gasteiger partial charge >= 0.3 is 0 Å². The van der Waals surface area contributed by atoms with Gasteiger partial charge in [-0.3, -0.25) is 0 Å². The minimum Gasteiger partial charge on any atom is -0.456 e. The summed E-state index contributed by atoms with van der Waals surface area (Å²) in [7, 11) is 0. The summed E-state index contributed by atoms with van der Waals surface area (Å²) in [6.45, 7) is 0. The standard InChI is InChI=1S/C40H25NO2/c1-2-12-28(13-3-1)41(30-21-23-37-35(25-30)33-16-6-7-18-36(33)42-37)29-14-8-11-27(24-29)31-17-9-19-38-39(31)34-22-20-26-10-4-5-15-32(26)40(34)43-38/h1-25H. The first kappa shape index (κ1) is 23.9. The van der Waals surface area contributed by atoms with Gasteiger partial charge in [-0.15, -0.1) is 0 Å². The summed E-state index contributed by atoms with van der Waals surface area (Å²) in [6, 6.07) is 53.1. The number of hydrogen-bond donors (Lipinski definition) is 0. The van der Waals surface area contributed by atoms with Gasteiger partial charge in [0.2, 0.25) is 0 Å². The Labute approximate surface area is 247 Å². The molecule has 7 aromatic carbocycles. The van der Waals surface area contributed by atoms with E-state index in [0.717, 1.165) is 77.5 Å². The second-order valence-corrected chi connectivity index (χ2v) is 10.9. The average Bonchev–Trinajstić information content (AvgIpc) is 3.64. The van der Waals surface area contributed by atoms with Gasteiger partial charge in [-0.2, -0.15) is 0 Å². The Morgan fingerprint density at radius 2 is 1.12 bits per heavy atom. The Kier molecular flexibility index (Phi) is 5.20. The van der Waals surface area contributed by atoms with Crippen LogP contribution in [0.4, 0.5) is 17.1 Å². The average molecular weight is 552 g/mol. The molecule has 0 N–H and O–H groups in total. The maximum atomic E-state index is 6.49. The van der Waals surface area contributed by atoms with Gasteiger partial charge in [0, 0.05) is 44.0 Å². The van der Waals surface area contributed by atoms with Crippen LogP contribution in [0.1, 0.15) is 0 Å². The highest BCUT2D eigenvalue weighted by Gasteiger charge is 2.18. The first-order valence-electron chi connectivity index (χ1n) is 14.5. The second-order valence-electron chi connectivity index (χ2n) is 10.9. The number of fused-ring (bicyclic) bond motifs is 8. The maximum absolute atomic E-state index is 6.49. The molecule has 2 heterocycles. The Bertz CT molecular complexity index is 2470. The third kappa shape index (κ3) is 3.75. The van der Waals surface area contributed by atoms with E-state index >= 15 is 0 Å². The zero-order valence-electron chi connectivity index (χ0n) is 23.2. The Morgan fingerprint density at radius 1 is 0.395 bits per heavy atom. The monoisotopic (exact) mass is 551 g/mol. The second kappa shape index (κ2) is 9.37. The van der Waals surface area contributed by atoms with Crippen LogP contribution in [0.2, 0.25) is 0 Å². The first-order chi connectivity index (χ1) is 21.3. The lowest BCUT2D eigenvalue weighted by atomic mass is 9.97. The van der Waals surface area contributed by atoms with Crippen molar-refractivity contribution in [2.45, 2.75) is 0 Å². The van der Waals surface area contributed by atoms with Crippen LogP contribution in [0.5, 0.6) is 0 Å². The molecule has 0 aliphatic rings. The molecule has 9 rings (SSSR count). The molecule has 0 fully saturated rings. The van der Waals surface area contributed by atoms with Crippen LogP contribution in [-0.4, -0.2) is 0 Å². The zero-order chi connectivity index (χ0) is 28.3. The molecule has 0 saturated carbocycles. The molecule has 43 heavy (non-hydrogen) atoms. The quantitative estimate of drug-likeness (QED) is 0.218. The highest BCUT2D eigenvalue weighted by atomic mass is 16.3. The highest BCUT2D eigenvalue weighted by Crippen LogP contribution is 2.43. The highest BCUT2D eigenvalue weighted by molar-refractivity contribution is 6.19. The summed E-state index contributed by atoms with van der Waals surface area (Å²) < 4.78 is 12.6. The van der Waals surface area contributed by atoms with Crippen molar-refractivity contribution in [3.05, 3.63) is 152 Å². The van der Waals surface area contributed by atoms with Gasteiger partial charge in [-0.05, 0) is 77.2 Å². The number of anilines is 3. The minimum atomic E-state index is 0.887. The molecule has 9 aromatic rings. The van der Waals surface area contributed by atoms with E-state index in [0.29, 0.717) is 0 Å². The lowest BCUT2D eigenvalue weighted by molar-refractivity contribution is 0.669. The molecular weight excluding hydrogens is 526 g/mol. The molecule has 0 atom stereocenters. The fourth-order valence-electron chi connectivity index (χ4n) is 6.48. The summed E-state index contributed by atoms with van der Waals surface area (Å²) >= 11 is 0. The molecule has 3 nitrogen and oxygen atoms in total. The smallest absolute Gasteiger partial charge is 0.143 e. The van der Waals surface area contributed by atoms with E-state index in [9.17, 15) is 0 Å². The number of rotatable bonds is 4. The van der Waals surface area contributed by atoms with Crippen LogP contribution >= 0.6 is 0 Å². The molecule has 0 amide bonds. The van der Waals surface area contributed by atoms with E-state index in [-0.39, 0.29) is 0 Å². The van der Waals surface area contributed by atoms with E-state index in [4.69, 9.17) is 8.83 Å². The summed E-state index contributed by atoms with van der Waals surface area (Å²) in [6.07, 6.45) is 0. The third-order valence-corrected chi connectivity index (χ3v) is 8.44. The van der Waals surface area contributed by atoms with Crippen molar-refractivity contribution < 1.29 is 8.83 Å². The predicted octanol–water partition coefficient (Wildman–Crippen LogP) is 11.8. The van der Waals surface area contributed by atoms with Crippen LogP contribution in [0.15, 0.2) is 160 Å². The minimum absolute atomic E-state index is 0.887. The Balaban J connectivity index is 1.25. The van der Waals surface area contributed by atoms with Gasteiger partial charge in [-0.25, -0.2) is 0 Å². The number of para-hydroxylation sites is 2. The largest absolute Gasteiger partial charge is 0.456 e. The van der Waals surface area contributed by atoms with Gasteiger partial charge in [0.25, 0.3) is 0 Å². The molecule has 0 radical (unpaired) electrons. The first-order valence-corrected chi connectivity index (χ1v) is 14.5. The molecule has 202 valence electrons. The van der Waals surface area contributed by atoms with Gasteiger partial charge < -0.3 is 13.7 Å². The Hall–Kier alpha value is -5.80. The molecule has 0 aliphatic heterocycles. The van der Waals surface area contributed by atoms with Crippen molar-refractivity contribution in [3.8, 4) is 11.1 Å². The van der Waals surface area contributed by atoms with Crippen LogP contribution < -0.4 is 4.90 Å². The van der Waals surface area contributed by atoms with Crippen LogP contribution in [0, 0.1) is 0 Å². The number of nitrogens with zero attached hydrogens (tertiary/aromatic N) is 1. The summed E-state index contributed by atoms with van der Waals surface area (Å²) in [5, 5.41) is 6.80. The van der Waals surface area contributed by atoms with Gasteiger partial charge in [0.15, 0.2) is 0 Å². The van der Waals surface area contributed by atoms with E-state index in [1.165, 1.54) is 5.39 Å². The fraction of sp³-hybridized carbons (Fsp3) is 0. The number of benzene rings is 7. The van der Waals surface area contributed by atoms with Crippen molar-refractivity contribution in [2.75, 3.05) is 4.90 Å². The lowest BCUT2D eigenvalue weighted by Gasteiger charge is -2.26. The van der Waals surface area contributed by atoms with E-state index < -0.39 is 0 Å². The molecule has 0 spiro atoms.